The largest absolute Gasteiger partial charge is 0.478 e. The molecule has 3 nitrogen and oxygen atoms in total. The molecular formula is C13H10FNO2. The van der Waals surface area contributed by atoms with Crippen molar-refractivity contribution < 1.29 is 14.3 Å². The molecule has 2 rings (SSSR count). The van der Waals surface area contributed by atoms with Gasteiger partial charge in [0.25, 0.3) is 0 Å². The molecule has 0 atom stereocenters. The van der Waals surface area contributed by atoms with Crippen LogP contribution in [0.2, 0.25) is 0 Å². The summed E-state index contributed by atoms with van der Waals surface area (Å²) in [6, 6.07) is 10.7. The van der Waals surface area contributed by atoms with E-state index in [2.05, 4.69) is 0 Å². The number of carboxylic acid groups (broad SMARTS) is 1. The quantitative estimate of drug-likeness (QED) is 0.781. The molecule has 0 spiro atoms. The van der Waals surface area contributed by atoms with Crippen LogP contribution in [0.1, 0.15) is 10.4 Å². The summed E-state index contributed by atoms with van der Waals surface area (Å²) >= 11 is 0. The van der Waals surface area contributed by atoms with E-state index in [1.807, 2.05) is 0 Å². The summed E-state index contributed by atoms with van der Waals surface area (Å²) in [6.07, 6.45) is 0. The SMILES string of the molecule is Nc1cc(-c2ccccc2C(=O)O)ccc1F. The van der Waals surface area contributed by atoms with Gasteiger partial charge in [-0.15, -0.1) is 0 Å². The topological polar surface area (TPSA) is 63.3 Å². The Morgan fingerprint density at radius 2 is 1.88 bits per heavy atom. The van der Waals surface area contributed by atoms with Crippen molar-refractivity contribution >= 4 is 11.7 Å². The molecule has 0 amide bonds. The summed E-state index contributed by atoms with van der Waals surface area (Å²) in [4.78, 5) is 11.0. The lowest BCUT2D eigenvalue weighted by molar-refractivity contribution is 0.0697. The van der Waals surface area contributed by atoms with Gasteiger partial charge in [-0.2, -0.15) is 0 Å². The number of carboxylic acids is 1. The third-order valence-electron chi connectivity index (χ3n) is 2.46. The maximum Gasteiger partial charge on any atom is 0.336 e. The Bertz CT molecular complexity index is 581. The minimum atomic E-state index is -1.02. The zero-order chi connectivity index (χ0) is 12.4. The first-order chi connectivity index (χ1) is 8.09. The van der Waals surface area contributed by atoms with E-state index < -0.39 is 11.8 Å². The van der Waals surface area contributed by atoms with E-state index in [1.54, 1.807) is 18.2 Å². The molecule has 0 saturated heterocycles. The number of hydrogen-bond acceptors (Lipinski definition) is 2. The molecule has 86 valence electrons. The zero-order valence-electron chi connectivity index (χ0n) is 8.85. The van der Waals surface area contributed by atoms with Crippen LogP contribution in [0.3, 0.4) is 0 Å². The van der Waals surface area contributed by atoms with Crippen LogP contribution in [0.5, 0.6) is 0 Å². The van der Waals surface area contributed by atoms with E-state index in [1.165, 1.54) is 24.3 Å². The molecule has 0 saturated carbocycles. The van der Waals surface area contributed by atoms with Gasteiger partial charge in [-0.3, -0.25) is 0 Å². The van der Waals surface area contributed by atoms with Crippen molar-refractivity contribution in [2.75, 3.05) is 5.73 Å². The lowest BCUT2D eigenvalue weighted by atomic mass is 9.99. The number of hydrogen-bond donors (Lipinski definition) is 2. The van der Waals surface area contributed by atoms with Gasteiger partial charge in [0.05, 0.1) is 11.3 Å². The first kappa shape index (κ1) is 11.1. The predicted octanol–water partition coefficient (Wildman–Crippen LogP) is 2.77. The van der Waals surface area contributed by atoms with Crippen molar-refractivity contribution in [3.8, 4) is 11.1 Å². The number of carbonyl (C=O) groups is 1. The fraction of sp³-hybridized carbons (Fsp3) is 0. The van der Waals surface area contributed by atoms with Crippen LogP contribution in [0.25, 0.3) is 11.1 Å². The minimum absolute atomic E-state index is 0.00249. The molecule has 3 N–H and O–H groups in total. The minimum Gasteiger partial charge on any atom is -0.478 e. The number of aromatic carboxylic acids is 1. The number of nitrogen functional groups attached to an aromatic ring is 1. The Morgan fingerprint density at radius 1 is 1.18 bits per heavy atom. The normalized spacial score (nSPS) is 10.2. The maximum atomic E-state index is 13.0. The second-order valence-electron chi connectivity index (χ2n) is 3.59. The summed E-state index contributed by atoms with van der Waals surface area (Å²) in [7, 11) is 0. The smallest absolute Gasteiger partial charge is 0.336 e. The third-order valence-corrected chi connectivity index (χ3v) is 2.46. The van der Waals surface area contributed by atoms with Crippen LogP contribution in [0.4, 0.5) is 10.1 Å². The third kappa shape index (κ3) is 2.10. The van der Waals surface area contributed by atoms with E-state index in [4.69, 9.17) is 10.8 Å². The first-order valence-corrected chi connectivity index (χ1v) is 4.97. The second kappa shape index (κ2) is 4.25. The number of anilines is 1. The Kier molecular flexibility index (Phi) is 2.78. The van der Waals surface area contributed by atoms with Gasteiger partial charge in [-0.25, -0.2) is 9.18 Å². The van der Waals surface area contributed by atoms with Crippen LogP contribution in [-0.4, -0.2) is 11.1 Å². The average Bonchev–Trinajstić information content (AvgIpc) is 2.32. The van der Waals surface area contributed by atoms with Crippen molar-refractivity contribution in [3.63, 3.8) is 0 Å². The molecule has 4 heteroatoms. The van der Waals surface area contributed by atoms with Crippen molar-refractivity contribution in [1.82, 2.24) is 0 Å². The first-order valence-electron chi connectivity index (χ1n) is 4.97. The highest BCUT2D eigenvalue weighted by molar-refractivity contribution is 5.96. The molecule has 0 unspecified atom stereocenters. The number of halogens is 1. The summed E-state index contributed by atoms with van der Waals surface area (Å²) in [5, 5.41) is 9.05. The highest BCUT2D eigenvalue weighted by atomic mass is 19.1. The van der Waals surface area contributed by atoms with Crippen LogP contribution in [-0.2, 0) is 0 Å². The van der Waals surface area contributed by atoms with E-state index in [-0.39, 0.29) is 11.3 Å². The fourth-order valence-electron chi connectivity index (χ4n) is 1.63. The number of nitrogens with two attached hydrogens (primary N) is 1. The molecule has 0 aromatic heterocycles. The van der Waals surface area contributed by atoms with Crippen molar-refractivity contribution in [2.45, 2.75) is 0 Å². The Balaban J connectivity index is 2.60. The summed E-state index contributed by atoms with van der Waals surface area (Å²) < 4.78 is 13.0. The molecule has 0 radical (unpaired) electrons. The zero-order valence-corrected chi connectivity index (χ0v) is 8.85. The standard InChI is InChI=1S/C13H10FNO2/c14-11-6-5-8(7-12(11)15)9-3-1-2-4-10(9)13(16)17/h1-7H,15H2,(H,16,17). The molecule has 0 aliphatic carbocycles. The molecule has 0 aliphatic heterocycles. The molecule has 0 bridgehead atoms. The summed E-state index contributed by atoms with van der Waals surface area (Å²) in [5.74, 6) is -1.54. The van der Waals surface area contributed by atoms with Gasteiger partial charge in [0.1, 0.15) is 5.82 Å². The van der Waals surface area contributed by atoms with Crippen molar-refractivity contribution in [3.05, 3.63) is 53.8 Å². The lowest BCUT2D eigenvalue weighted by Gasteiger charge is -2.07. The lowest BCUT2D eigenvalue weighted by Crippen LogP contribution is -1.99. The van der Waals surface area contributed by atoms with Gasteiger partial charge in [-0.05, 0) is 29.3 Å². The molecule has 0 heterocycles. The Labute approximate surface area is 97.3 Å². The summed E-state index contributed by atoms with van der Waals surface area (Å²) in [5.41, 5.74) is 6.73. The average molecular weight is 231 g/mol. The highest BCUT2D eigenvalue weighted by Gasteiger charge is 2.11. The van der Waals surface area contributed by atoms with E-state index >= 15 is 0 Å². The van der Waals surface area contributed by atoms with Crippen molar-refractivity contribution in [1.29, 1.82) is 0 Å². The van der Waals surface area contributed by atoms with Gasteiger partial charge in [0.15, 0.2) is 0 Å². The van der Waals surface area contributed by atoms with E-state index in [0.717, 1.165) is 0 Å². The molecular weight excluding hydrogens is 221 g/mol. The molecule has 0 fully saturated rings. The van der Waals surface area contributed by atoms with Crippen LogP contribution >= 0.6 is 0 Å². The van der Waals surface area contributed by atoms with E-state index in [9.17, 15) is 9.18 Å². The molecule has 0 aliphatic rings. The van der Waals surface area contributed by atoms with Crippen LogP contribution < -0.4 is 5.73 Å². The fourth-order valence-corrected chi connectivity index (χ4v) is 1.63. The van der Waals surface area contributed by atoms with Crippen LogP contribution in [0, 0.1) is 5.82 Å². The maximum absolute atomic E-state index is 13.0. The van der Waals surface area contributed by atoms with Crippen LogP contribution in [0.15, 0.2) is 42.5 Å². The predicted molar refractivity (Wildman–Crippen MR) is 63.2 cm³/mol. The van der Waals surface area contributed by atoms with Gasteiger partial charge in [0, 0.05) is 0 Å². The molecule has 2 aromatic rings. The summed E-state index contributed by atoms with van der Waals surface area (Å²) in [6.45, 7) is 0. The van der Waals surface area contributed by atoms with Gasteiger partial charge in [-0.1, -0.05) is 24.3 Å². The highest BCUT2D eigenvalue weighted by Crippen LogP contribution is 2.26. The number of rotatable bonds is 2. The molecule has 2 aromatic carbocycles. The van der Waals surface area contributed by atoms with Gasteiger partial charge >= 0.3 is 5.97 Å². The monoisotopic (exact) mass is 231 g/mol. The van der Waals surface area contributed by atoms with Gasteiger partial charge < -0.3 is 10.8 Å². The second-order valence-corrected chi connectivity index (χ2v) is 3.59. The van der Waals surface area contributed by atoms with Crippen molar-refractivity contribution in [2.24, 2.45) is 0 Å². The molecule has 17 heavy (non-hydrogen) atoms. The van der Waals surface area contributed by atoms with Gasteiger partial charge in [0.2, 0.25) is 0 Å². The number of benzene rings is 2. The Hall–Kier alpha value is -2.36. The van der Waals surface area contributed by atoms with E-state index in [0.29, 0.717) is 11.1 Å². The Morgan fingerprint density at radius 3 is 2.53 bits per heavy atom.